The number of phosphoric ester groups is 1. The summed E-state index contributed by atoms with van der Waals surface area (Å²) in [4.78, 5) is 34.9. The number of carbonyl (C=O) groups is 2. The summed E-state index contributed by atoms with van der Waals surface area (Å²) in [6.07, 6.45) is 29.6. The van der Waals surface area contributed by atoms with E-state index >= 15 is 0 Å². The number of unbranched alkanes of at least 4 members (excludes halogenated alkanes) is 9. The Morgan fingerprint density at radius 3 is 1.91 bits per heavy atom. The van der Waals surface area contributed by atoms with Gasteiger partial charge in [-0.15, -0.1) is 0 Å². The van der Waals surface area contributed by atoms with E-state index in [2.05, 4.69) is 23.6 Å². The van der Waals surface area contributed by atoms with Crippen molar-refractivity contribution in [3.63, 3.8) is 0 Å². The molecule has 0 aromatic heterocycles. The van der Waals surface area contributed by atoms with Gasteiger partial charge in [0.1, 0.15) is 12.7 Å². The smallest absolute Gasteiger partial charge is 0.462 e. The molecular weight excluding hydrogens is 743 g/mol. The maximum Gasteiger partial charge on any atom is 0.472 e. The Kier molecular flexibility index (Phi) is 34.8. The summed E-state index contributed by atoms with van der Waals surface area (Å²) in [7, 11) is -4.70. The molecule has 0 heterocycles. The lowest BCUT2D eigenvalue weighted by Crippen LogP contribution is -2.30. The van der Waals surface area contributed by atoms with Crippen LogP contribution in [0.25, 0.3) is 0 Å². The van der Waals surface area contributed by atoms with Crippen molar-refractivity contribution in [2.45, 2.75) is 154 Å². The fourth-order valence-corrected chi connectivity index (χ4v) is 5.71. The Balaban J connectivity index is 4.70. The largest absolute Gasteiger partial charge is 0.472 e. The Bertz CT molecular complexity index is 1210. The number of allylic oxidation sites excluding steroid dienone is 9. The molecule has 0 aliphatic carbocycles. The summed E-state index contributed by atoms with van der Waals surface area (Å²) in [6.45, 7) is 1.74. The lowest BCUT2D eigenvalue weighted by atomic mass is 10.1. The van der Waals surface area contributed by atoms with E-state index in [1.165, 1.54) is 31.8 Å². The maximum atomic E-state index is 12.6. The Labute approximate surface area is 335 Å². The Hall–Kier alpha value is -2.71. The van der Waals surface area contributed by atoms with Crippen LogP contribution in [0.5, 0.6) is 0 Å². The zero-order chi connectivity index (χ0) is 41.7. The Morgan fingerprint density at radius 2 is 1.25 bits per heavy atom. The molecule has 0 aromatic rings. The molecule has 0 rings (SSSR count). The van der Waals surface area contributed by atoms with E-state index in [1.807, 2.05) is 19.1 Å². The molecule has 0 saturated carbocycles. The van der Waals surface area contributed by atoms with E-state index in [9.17, 15) is 39.5 Å². The van der Waals surface area contributed by atoms with Gasteiger partial charge in [-0.25, -0.2) is 4.57 Å². The molecule has 14 heteroatoms. The van der Waals surface area contributed by atoms with Gasteiger partial charge in [-0.2, -0.15) is 0 Å². The number of aliphatic hydroxyl groups excluding tert-OH is 5. The van der Waals surface area contributed by atoms with Crippen LogP contribution in [-0.2, 0) is 32.7 Å². The molecule has 322 valence electrons. The van der Waals surface area contributed by atoms with Crippen LogP contribution in [0.3, 0.4) is 0 Å². The number of hydrogen-bond donors (Lipinski definition) is 6. The fourth-order valence-electron chi connectivity index (χ4n) is 4.92. The molecule has 1 unspecified atom stereocenters. The number of hydrogen-bond acceptors (Lipinski definition) is 12. The minimum absolute atomic E-state index is 0.0901. The van der Waals surface area contributed by atoms with Crippen molar-refractivity contribution >= 4 is 19.8 Å². The number of carbonyl (C=O) groups excluding carboxylic acids is 2. The summed E-state index contributed by atoms with van der Waals surface area (Å²) in [6, 6.07) is 0. The topological polar surface area (TPSA) is 210 Å². The minimum Gasteiger partial charge on any atom is -0.462 e. The second kappa shape index (κ2) is 36.6. The Morgan fingerprint density at radius 1 is 0.661 bits per heavy atom. The van der Waals surface area contributed by atoms with Crippen LogP contribution in [0.4, 0.5) is 0 Å². The molecule has 6 atom stereocenters. The van der Waals surface area contributed by atoms with E-state index in [4.69, 9.17) is 19.1 Å². The van der Waals surface area contributed by atoms with Gasteiger partial charge < -0.3 is 39.9 Å². The van der Waals surface area contributed by atoms with E-state index in [1.54, 1.807) is 42.5 Å². The number of esters is 2. The first-order valence-electron chi connectivity index (χ1n) is 20.2. The number of phosphoric acid groups is 1. The average Bonchev–Trinajstić information content (AvgIpc) is 3.17. The summed E-state index contributed by atoms with van der Waals surface area (Å²) < 4.78 is 32.4. The van der Waals surface area contributed by atoms with Crippen LogP contribution < -0.4 is 0 Å². The van der Waals surface area contributed by atoms with Crippen molar-refractivity contribution in [2.24, 2.45) is 0 Å². The first kappa shape index (κ1) is 53.3. The maximum absolute atomic E-state index is 12.6. The van der Waals surface area contributed by atoms with Gasteiger partial charge in [-0.05, 0) is 57.8 Å². The van der Waals surface area contributed by atoms with Crippen molar-refractivity contribution in [1.29, 1.82) is 0 Å². The molecule has 0 radical (unpaired) electrons. The van der Waals surface area contributed by atoms with Crippen LogP contribution in [0.2, 0.25) is 0 Å². The van der Waals surface area contributed by atoms with Gasteiger partial charge in [0.25, 0.3) is 0 Å². The molecule has 0 aromatic carbocycles. The standard InChI is InChI=1S/C42H71O13P/c1-3-5-7-8-9-10-11-12-13-14-15-20-24-30-42(49)55-38(35-54-56(50,51)53-33-37(45)32-43)34-52-41(48)31-25-29-40(47)39(46)28-23-19-17-16-18-22-27-36(44)26-21-6-4-2/h6,10-11,16-19,21-23,27-28,36-40,43-47H,3-5,7-9,12-15,20,24-26,29-35H2,1-2H3,(H,50,51)/b11-10-,18-16+,19-17-,21-6-,27-22+,28-23-/t36-,37+,38-,39+,40+/m1/s1. The molecule has 0 saturated heterocycles. The molecular formula is C42H71O13P. The summed E-state index contributed by atoms with van der Waals surface area (Å²) in [5, 5.41) is 48.6. The van der Waals surface area contributed by atoms with Crippen molar-refractivity contribution in [3.05, 3.63) is 72.9 Å². The molecule has 0 aliphatic rings. The quantitative estimate of drug-likeness (QED) is 0.0124. The van der Waals surface area contributed by atoms with Crippen molar-refractivity contribution in [2.75, 3.05) is 26.4 Å². The van der Waals surface area contributed by atoms with E-state index in [0.717, 1.165) is 44.9 Å². The molecule has 6 N–H and O–H groups in total. The lowest BCUT2D eigenvalue weighted by molar-refractivity contribution is -0.161. The molecule has 13 nitrogen and oxygen atoms in total. The van der Waals surface area contributed by atoms with Crippen LogP contribution in [0, 0.1) is 0 Å². The third kappa shape index (κ3) is 34.5. The predicted molar refractivity (Wildman–Crippen MR) is 218 cm³/mol. The highest BCUT2D eigenvalue weighted by atomic mass is 31.2. The average molecular weight is 815 g/mol. The van der Waals surface area contributed by atoms with E-state index in [0.29, 0.717) is 12.8 Å². The van der Waals surface area contributed by atoms with Crippen molar-refractivity contribution in [3.8, 4) is 0 Å². The van der Waals surface area contributed by atoms with Crippen LogP contribution >= 0.6 is 7.82 Å². The molecule has 0 bridgehead atoms. The first-order valence-corrected chi connectivity index (χ1v) is 21.7. The van der Waals surface area contributed by atoms with Crippen LogP contribution in [0.1, 0.15) is 123 Å². The lowest BCUT2D eigenvalue weighted by Gasteiger charge is -2.20. The van der Waals surface area contributed by atoms with Gasteiger partial charge in [0.05, 0.1) is 38.1 Å². The van der Waals surface area contributed by atoms with Gasteiger partial charge in [0.15, 0.2) is 6.10 Å². The molecule has 0 amide bonds. The van der Waals surface area contributed by atoms with Crippen molar-refractivity contribution < 1.29 is 63.1 Å². The fraction of sp³-hybridized carbons (Fsp3) is 0.667. The van der Waals surface area contributed by atoms with Crippen molar-refractivity contribution in [1.82, 2.24) is 0 Å². The molecule has 0 aliphatic heterocycles. The number of rotatable bonds is 36. The summed E-state index contributed by atoms with van der Waals surface area (Å²) in [5.41, 5.74) is 0. The normalized spacial score (nSPS) is 16.4. The molecule has 56 heavy (non-hydrogen) atoms. The van der Waals surface area contributed by atoms with Gasteiger partial charge in [-0.1, -0.05) is 125 Å². The van der Waals surface area contributed by atoms with Crippen LogP contribution in [-0.4, -0.2) is 99.3 Å². The highest BCUT2D eigenvalue weighted by Gasteiger charge is 2.27. The summed E-state index contributed by atoms with van der Waals surface area (Å²) >= 11 is 0. The second-order valence-electron chi connectivity index (χ2n) is 13.5. The molecule has 0 fully saturated rings. The van der Waals surface area contributed by atoms with Gasteiger partial charge in [0, 0.05) is 12.8 Å². The van der Waals surface area contributed by atoms with E-state index in [-0.39, 0.29) is 25.7 Å². The van der Waals surface area contributed by atoms with Gasteiger partial charge >= 0.3 is 19.8 Å². The summed E-state index contributed by atoms with van der Waals surface area (Å²) in [5.74, 6) is -1.28. The zero-order valence-electron chi connectivity index (χ0n) is 33.7. The van der Waals surface area contributed by atoms with E-state index < -0.39 is 76.7 Å². The third-order valence-corrected chi connectivity index (χ3v) is 9.14. The number of ether oxygens (including phenoxy) is 2. The highest BCUT2D eigenvalue weighted by molar-refractivity contribution is 7.47. The van der Waals surface area contributed by atoms with Gasteiger partial charge in [-0.3, -0.25) is 18.6 Å². The third-order valence-electron chi connectivity index (χ3n) is 8.19. The van der Waals surface area contributed by atoms with Gasteiger partial charge in [0.2, 0.25) is 0 Å². The van der Waals surface area contributed by atoms with Crippen LogP contribution in [0.15, 0.2) is 72.9 Å². The number of aliphatic hydroxyl groups is 5. The first-order chi connectivity index (χ1) is 26.9. The highest BCUT2D eigenvalue weighted by Crippen LogP contribution is 2.43. The monoisotopic (exact) mass is 814 g/mol. The molecule has 0 spiro atoms. The SMILES string of the molecule is CC/C=C\C[C@@H](O)/C=C/C=C/C=C\C=C/[C@H](O)[C@@H](O)CCCC(=O)OC[C@H](COP(=O)(O)OC[C@@H](O)CO)OC(=O)CCCCCCC/C=C\CCCCCC. The second-order valence-corrected chi connectivity index (χ2v) is 14.9. The zero-order valence-corrected chi connectivity index (χ0v) is 34.5. The predicted octanol–water partition coefficient (Wildman–Crippen LogP) is 7.02. The minimum atomic E-state index is -4.70.